The Morgan fingerprint density at radius 3 is 2.91 bits per heavy atom. The molecule has 2 aromatic heterocycles. The maximum absolute atomic E-state index is 12.0. The minimum Gasteiger partial charge on any atom is -0.474 e. The number of nitrogens with two attached hydrogens (primary N) is 1. The van der Waals surface area contributed by atoms with Crippen molar-refractivity contribution in [1.29, 1.82) is 5.41 Å². The molecular weight excluding hydrogens is 290 g/mol. The van der Waals surface area contributed by atoms with E-state index in [-0.39, 0.29) is 18.4 Å². The lowest BCUT2D eigenvalue weighted by Crippen LogP contribution is -2.22. The summed E-state index contributed by atoms with van der Waals surface area (Å²) in [5.74, 6) is 0.578. The van der Waals surface area contributed by atoms with Gasteiger partial charge >= 0.3 is 5.69 Å². The number of nitrogens with one attached hydrogen (secondary N) is 1. The van der Waals surface area contributed by atoms with E-state index >= 15 is 0 Å². The van der Waals surface area contributed by atoms with Gasteiger partial charge in [-0.3, -0.25) is 0 Å². The molecule has 1 aliphatic rings. The van der Waals surface area contributed by atoms with Gasteiger partial charge in [-0.2, -0.15) is 4.68 Å². The van der Waals surface area contributed by atoms with Gasteiger partial charge in [-0.05, 0) is 23.3 Å². The summed E-state index contributed by atoms with van der Waals surface area (Å²) in [4.78, 5) is 12.0. The number of hydrogen-bond donors (Lipinski definition) is 2. The Bertz CT molecular complexity index is 781. The number of ether oxygens (including phenoxy) is 1. The quantitative estimate of drug-likeness (QED) is 0.556. The van der Waals surface area contributed by atoms with Crippen LogP contribution in [0, 0.1) is 5.41 Å². The zero-order chi connectivity index (χ0) is 15.7. The number of aromatic nitrogens is 5. The molecule has 22 heavy (non-hydrogen) atoms. The summed E-state index contributed by atoms with van der Waals surface area (Å²) >= 11 is 0. The fourth-order valence-electron chi connectivity index (χ4n) is 2.02. The van der Waals surface area contributed by atoms with Crippen molar-refractivity contribution in [2.45, 2.75) is 25.4 Å². The van der Waals surface area contributed by atoms with Crippen molar-refractivity contribution in [3.8, 4) is 5.88 Å². The molecule has 0 amide bonds. The molecule has 10 heteroatoms. The molecular formula is C12H15N7O3. The summed E-state index contributed by atoms with van der Waals surface area (Å²) in [6, 6.07) is 0. The van der Waals surface area contributed by atoms with E-state index in [1.54, 1.807) is 0 Å². The van der Waals surface area contributed by atoms with E-state index in [4.69, 9.17) is 20.4 Å². The number of tetrazole rings is 1. The van der Waals surface area contributed by atoms with Crippen molar-refractivity contribution in [2.75, 3.05) is 0 Å². The molecule has 2 aromatic rings. The van der Waals surface area contributed by atoms with Gasteiger partial charge in [-0.15, -0.1) is 4.68 Å². The summed E-state index contributed by atoms with van der Waals surface area (Å²) in [6.07, 6.45) is 4.37. The fraction of sp³-hybridized carbons (Fsp3) is 0.417. The lowest BCUT2D eigenvalue weighted by atomic mass is 10.2. The number of aryl methyl sites for hydroxylation is 1. The Kier molecular flexibility index (Phi) is 3.49. The van der Waals surface area contributed by atoms with Crippen LogP contribution in [0.5, 0.6) is 0 Å². The van der Waals surface area contributed by atoms with E-state index in [0.29, 0.717) is 11.5 Å². The number of nitrogens with zero attached hydrogens (tertiary/aromatic N) is 5. The molecule has 1 saturated carbocycles. The van der Waals surface area contributed by atoms with Crippen LogP contribution in [0.3, 0.4) is 0 Å². The number of rotatable bonds is 6. The summed E-state index contributed by atoms with van der Waals surface area (Å²) in [5, 5.41) is 18.4. The van der Waals surface area contributed by atoms with E-state index in [9.17, 15) is 4.79 Å². The molecule has 0 aromatic carbocycles. The van der Waals surface area contributed by atoms with Gasteiger partial charge in [0.2, 0.25) is 0 Å². The molecule has 10 nitrogen and oxygen atoms in total. The Hall–Kier alpha value is -2.91. The van der Waals surface area contributed by atoms with E-state index < -0.39 is 5.69 Å². The first-order chi connectivity index (χ1) is 10.6. The van der Waals surface area contributed by atoms with Crippen LogP contribution in [0.15, 0.2) is 21.3 Å². The summed E-state index contributed by atoms with van der Waals surface area (Å²) in [5.41, 5.74) is 6.52. The van der Waals surface area contributed by atoms with Gasteiger partial charge in [0.1, 0.15) is 6.61 Å². The van der Waals surface area contributed by atoms with Crippen molar-refractivity contribution in [2.24, 2.45) is 12.8 Å². The van der Waals surface area contributed by atoms with Gasteiger partial charge in [0.15, 0.2) is 5.88 Å². The van der Waals surface area contributed by atoms with Crippen LogP contribution in [0.25, 0.3) is 5.88 Å². The first-order valence-electron chi connectivity index (χ1n) is 6.68. The molecule has 3 rings (SSSR count). The summed E-state index contributed by atoms with van der Waals surface area (Å²) < 4.78 is 12.8. The smallest absolute Gasteiger partial charge is 0.370 e. The predicted molar refractivity (Wildman–Crippen MR) is 74.5 cm³/mol. The van der Waals surface area contributed by atoms with Gasteiger partial charge in [0, 0.05) is 25.3 Å². The Balaban J connectivity index is 1.96. The molecule has 0 spiro atoms. The predicted octanol–water partition coefficient (Wildman–Crippen LogP) is -0.202. The molecule has 0 radical (unpaired) electrons. The van der Waals surface area contributed by atoms with E-state index in [2.05, 4.69) is 15.6 Å². The molecule has 0 aliphatic heterocycles. The van der Waals surface area contributed by atoms with Crippen molar-refractivity contribution >= 4 is 6.21 Å². The average Bonchev–Trinajstić information content (AvgIpc) is 3.18. The first-order valence-corrected chi connectivity index (χ1v) is 6.68. The number of hydrogen-bond acceptors (Lipinski definition) is 8. The van der Waals surface area contributed by atoms with E-state index in [1.807, 2.05) is 0 Å². The molecule has 1 fully saturated rings. The van der Waals surface area contributed by atoms with Gasteiger partial charge in [0.25, 0.3) is 5.88 Å². The maximum Gasteiger partial charge on any atom is 0.370 e. The highest BCUT2D eigenvalue weighted by Gasteiger charge is 2.33. The Morgan fingerprint density at radius 2 is 2.32 bits per heavy atom. The second-order valence-corrected chi connectivity index (χ2v) is 4.95. The van der Waals surface area contributed by atoms with Crippen LogP contribution in [0.1, 0.15) is 30.0 Å². The van der Waals surface area contributed by atoms with Crippen molar-refractivity contribution < 1.29 is 9.26 Å². The Labute approximate surface area is 124 Å². The average molecular weight is 305 g/mol. The highest BCUT2D eigenvalue weighted by atomic mass is 16.5. The normalized spacial score (nSPS) is 15.0. The molecule has 0 saturated heterocycles. The largest absolute Gasteiger partial charge is 0.474 e. The number of allylic oxidation sites excluding steroid dienone is 1. The van der Waals surface area contributed by atoms with Gasteiger partial charge in [-0.25, -0.2) is 4.79 Å². The van der Waals surface area contributed by atoms with Crippen LogP contribution < -0.4 is 11.4 Å². The van der Waals surface area contributed by atoms with E-state index in [1.165, 1.54) is 13.1 Å². The van der Waals surface area contributed by atoms with Crippen LogP contribution in [-0.2, 0) is 18.4 Å². The molecule has 2 heterocycles. The maximum atomic E-state index is 12.0. The molecule has 0 bridgehead atoms. The third-order valence-electron chi connectivity index (χ3n) is 3.31. The van der Waals surface area contributed by atoms with Gasteiger partial charge in [0.05, 0.1) is 11.3 Å². The summed E-state index contributed by atoms with van der Waals surface area (Å²) in [7, 11) is 1.49. The van der Waals surface area contributed by atoms with E-state index in [0.717, 1.165) is 34.1 Å². The highest BCUT2D eigenvalue weighted by molar-refractivity contribution is 5.68. The SMILES string of the molecule is Cn1nnn(-c2onc(C3CC3)c2COC(N)=CC=N)c1=O. The van der Waals surface area contributed by atoms with Crippen molar-refractivity contribution in [1.82, 2.24) is 24.9 Å². The zero-order valence-corrected chi connectivity index (χ0v) is 11.9. The lowest BCUT2D eigenvalue weighted by Gasteiger charge is -2.06. The highest BCUT2D eigenvalue weighted by Crippen LogP contribution is 2.42. The molecule has 0 unspecified atom stereocenters. The van der Waals surface area contributed by atoms with Crippen LogP contribution in [-0.4, -0.2) is 31.2 Å². The molecule has 116 valence electrons. The van der Waals surface area contributed by atoms with Gasteiger partial charge < -0.3 is 20.4 Å². The third-order valence-corrected chi connectivity index (χ3v) is 3.31. The standard InChI is InChI=1S/C12H15N7O3/c1-18-12(20)19(17-16-18)11-8(6-21-9(14)4-5-13)10(15-22-11)7-2-3-7/h4-5,7,13H,2-3,6,14H2,1H3. The van der Waals surface area contributed by atoms with Crippen LogP contribution in [0.4, 0.5) is 0 Å². The molecule has 0 atom stereocenters. The minimum atomic E-state index is -0.442. The van der Waals surface area contributed by atoms with Crippen molar-refractivity contribution in [3.05, 3.63) is 33.7 Å². The van der Waals surface area contributed by atoms with Crippen LogP contribution in [0.2, 0.25) is 0 Å². The fourth-order valence-corrected chi connectivity index (χ4v) is 2.02. The second kappa shape index (κ2) is 5.47. The second-order valence-electron chi connectivity index (χ2n) is 4.95. The zero-order valence-electron chi connectivity index (χ0n) is 11.9. The summed E-state index contributed by atoms with van der Waals surface area (Å²) in [6.45, 7) is 0.0733. The third kappa shape index (κ3) is 2.50. The first kappa shape index (κ1) is 14.0. The minimum absolute atomic E-state index is 0.0733. The Morgan fingerprint density at radius 1 is 1.55 bits per heavy atom. The lowest BCUT2D eigenvalue weighted by molar-refractivity contribution is 0.195. The van der Waals surface area contributed by atoms with Gasteiger partial charge in [-0.1, -0.05) is 5.16 Å². The molecule has 3 N–H and O–H groups in total. The van der Waals surface area contributed by atoms with Crippen LogP contribution >= 0.6 is 0 Å². The van der Waals surface area contributed by atoms with Crippen molar-refractivity contribution in [3.63, 3.8) is 0 Å². The molecule has 1 aliphatic carbocycles. The monoisotopic (exact) mass is 305 g/mol. The topological polar surface area (TPSA) is 138 Å².